The number of aliphatic carboxylic acids is 2. The molecule has 11 nitrogen and oxygen atoms in total. The zero-order chi connectivity index (χ0) is 24.0. The van der Waals surface area contributed by atoms with E-state index < -0.39 is 66.2 Å². The Hall–Kier alpha value is -2.21. The third-order valence-electron chi connectivity index (χ3n) is 4.21. The number of ketones is 3. The van der Waals surface area contributed by atoms with Crippen LogP contribution in [-0.4, -0.2) is 126 Å². The molecule has 0 rings (SSSR count). The SMILES string of the molecule is C[N+](C)(C)CC(O)C(C(=O)O)C(=O)CC(=O)CC(=O)C(C(=O)O)C(O)C[N+](C)(C)C. The van der Waals surface area contributed by atoms with E-state index in [1.165, 1.54) is 0 Å². The van der Waals surface area contributed by atoms with Crippen molar-refractivity contribution in [2.75, 3.05) is 55.4 Å². The molecular formula is C19H34N2O9+2. The minimum absolute atomic E-state index is 0.0613. The second kappa shape index (κ2) is 10.7. The van der Waals surface area contributed by atoms with Gasteiger partial charge in [-0.25, -0.2) is 0 Å². The highest BCUT2D eigenvalue weighted by molar-refractivity contribution is 6.14. The first kappa shape index (κ1) is 27.8. The summed E-state index contributed by atoms with van der Waals surface area (Å²) in [5, 5.41) is 38.8. The summed E-state index contributed by atoms with van der Waals surface area (Å²) >= 11 is 0. The van der Waals surface area contributed by atoms with E-state index in [-0.39, 0.29) is 22.1 Å². The van der Waals surface area contributed by atoms with Gasteiger partial charge in [0.15, 0.2) is 11.6 Å². The summed E-state index contributed by atoms with van der Waals surface area (Å²) in [6.07, 6.45) is -4.96. The fraction of sp³-hybridized carbons (Fsp3) is 0.737. The van der Waals surface area contributed by atoms with Gasteiger partial charge in [-0.2, -0.15) is 0 Å². The van der Waals surface area contributed by atoms with E-state index in [2.05, 4.69) is 0 Å². The van der Waals surface area contributed by atoms with E-state index in [4.69, 9.17) is 0 Å². The smallest absolute Gasteiger partial charge is 0.316 e. The van der Waals surface area contributed by atoms with Crippen LogP contribution in [0.25, 0.3) is 0 Å². The maximum Gasteiger partial charge on any atom is 0.316 e. The first-order valence-corrected chi connectivity index (χ1v) is 9.35. The molecular weight excluding hydrogens is 400 g/mol. The van der Waals surface area contributed by atoms with Crippen molar-refractivity contribution in [3.05, 3.63) is 0 Å². The van der Waals surface area contributed by atoms with Crippen molar-refractivity contribution in [1.29, 1.82) is 0 Å². The Labute approximate surface area is 175 Å². The topological polar surface area (TPSA) is 166 Å². The summed E-state index contributed by atoms with van der Waals surface area (Å²) in [5.41, 5.74) is 0. The summed E-state index contributed by atoms with van der Waals surface area (Å²) < 4.78 is 0.351. The van der Waals surface area contributed by atoms with Crippen LogP contribution in [0, 0.1) is 11.8 Å². The molecule has 0 amide bonds. The number of carboxylic acid groups (broad SMARTS) is 2. The van der Waals surface area contributed by atoms with E-state index in [0.717, 1.165) is 0 Å². The van der Waals surface area contributed by atoms with E-state index in [0.29, 0.717) is 0 Å². The number of aliphatic hydroxyl groups excluding tert-OH is 2. The highest BCUT2D eigenvalue weighted by Gasteiger charge is 2.40. The van der Waals surface area contributed by atoms with Crippen LogP contribution in [0.4, 0.5) is 0 Å². The summed E-state index contributed by atoms with van der Waals surface area (Å²) in [6.45, 7) is -0.123. The fourth-order valence-electron chi connectivity index (χ4n) is 3.04. The van der Waals surface area contributed by atoms with Crippen molar-refractivity contribution in [3.63, 3.8) is 0 Å². The first-order valence-electron chi connectivity index (χ1n) is 9.35. The van der Waals surface area contributed by atoms with Crippen LogP contribution in [0.1, 0.15) is 12.8 Å². The number of quaternary nitrogens is 2. The molecule has 4 atom stereocenters. The number of Topliss-reactive ketones (excluding diaryl/α,β-unsaturated/α-hetero) is 3. The lowest BCUT2D eigenvalue weighted by Crippen LogP contribution is -2.48. The molecule has 0 saturated heterocycles. The van der Waals surface area contributed by atoms with Crippen LogP contribution in [0.3, 0.4) is 0 Å². The van der Waals surface area contributed by atoms with Crippen LogP contribution in [0.15, 0.2) is 0 Å². The van der Waals surface area contributed by atoms with Gasteiger partial charge in [-0.1, -0.05) is 0 Å². The maximum absolute atomic E-state index is 12.3. The average Bonchev–Trinajstić information content (AvgIpc) is 2.41. The summed E-state index contributed by atoms with van der Waals surface area (Å²) in [5.74, 6) is -10.00. The van der Waals surface area contributed by atoms with Crippen molar-refractivity contribution in [1.82, 2.24) is 0 Å². The third kappa shape index (κ3) is 10.0. The molecule has 30 heavy (non-hydrogen) atoms. The third-order valence-corrected chi connectivity index (χ3v) is 4.21. The van der Waals surface area contributed by atoms with Gasteiger partial charge in [0, 0.05) is 0 Å². The minimum atomic E-state index is -1.85. The van der Waals surface area contributed by atoms with Gasteiger partial charge in [-0.05, 0) is 0 Å². The molecule has 0 radical (unpaired) electrons. The van der Waals surface area contributed by atoms with Crippen molar-refractivity contribution in [2.24, 2.45) is 11.8 Å². The van der Waals surface area contributed by atoms with Gasteiger partial charge in [0.2, 0.25) is 0 Å². The number of carbonyl (C=O) groups is 5. The zero-order valence-corrected chi connectivity index (χ0v) is 18.4. The lowest BCUT2D eigenvalue weighted by atomic mass is 9.89. The molecule has 0 spiro atoms. The van der Waals surface area contributed by atoms with Gasteiger partial charge in [0.05, 0.1) is 55.1 Å². The molecule has 11 heteroatoms. The Morgan fingerprint density at radius 3 is 1.10 bits per heavy atom. The Morgan fingerprint density at radius 2 is 0.900 bits per heavy atom. The standard InChI is InChI=1S/C19H32N2O9/c1-20(2,3)9-14(25)16(18(27)28)12(23)7-11(22)8-13(24)17(19(29)30)15(26)10-21(4,5)6/h14-17,25-26H,7-10H2,1-6H3/p+2. The molecule has 0 bridgehead atoms. The van der Waals surface area contributed by atoms with Crippen molar-refractivity contribution in [3.8, 4) is 0 Å². The van der Waals surface area contributed by atoms with Crippen molar-refractivity contribution in [2.45, 2.75) is 25.0 Å². The first-order chi connectivity index (χ1) is 13.4. The molecule has 0 heterocycles. The van der Waals surface area contributed by atoms with Gasteiger partial charge in [-0.3, -0.25) is 24.0 Å². The molecule has 172 valence electrons. The maximum atomic E-state index is 12.3. The van der Waals surface area contributed by atoms with Crippen LogP contribution < -0.4 is 0 Å². The molecule has 0 aliphatic heterocycles. The van der Waals surface area contributed by atoms with Gasteiger partial charge < -0.3 is 29.4 Å². The number of nitrogens with zero attached hydrogens (tertiary/aromatic N) is 2. The Balaban J connectivity index is 5.22. The predicted octanol–water partition coefficient (Wildman–Crippen LogP) is -1.99. The normalized spacial score (nSPS) is 16.3. The Morgan fingerprint density at radius 1 is 0.633 bits per heavy atom. The Bertz CT molecular complexity index is 620. The molecule has 0 aliphatic rings. The number of hydrogen-bond acceptors (Lipinski definition) is 7. The number of aliphatic hydroxyl groups is 2. The van der Waals surface area contributed by atoms with Crippen molar-refractivity contribution >= 4 is 29.3 Å². The van der Waals surface area contributed by atoms with Crippen LogP contribution >= 0.6 is 0 Å². The van der Waals surface area contributed by atoms with Gasteiger partial charge in [-0.15, -0.1) is 0 Å². The monoisotopic (exact) mass is 434 g/mol. The van der Waals surface area contributed by atoms with Crippen LogP contribution in [0.5, 0.6) is 0 Å². The summed E-state index contributed by atoms with van der Waals surface area (Å²) in [7, 11) is 10.1. The molecule has 4 N–H and O–H groups in total. The zero-order valence-electron chi connectivity index (χ0n) is 18.4. The molecule has 0 fully saturated rings. The highest BCUT2D eigenvalue weighted by atomic mass is 16.4. The van der Waals surface area contributed by atoms with E-state index in [1.54, 1.807) is 42.3 Å². The molecule has 0 aliphatic carbocycles. The number of hydrogen-bond donors (Lipinski definition) is 4. The number of carboxylic acids is 2. The second-order valence-electron chi connectivity index (χ2n) is 9.54. The van der Waals surface area contributed by atoms with Gasteiger partial charge in [0.1, 0.15) is 42.9 Å². The Kier molecular flexibility index (Phi) is 9.92. The molecule has 0 saturated carbocycles. The summed E-state index contributed by atoms with van der Waals surface area (Å²) in [6, 6.07) is 0. The highest BCUT2D eigenvalue weighted by Crippen LogP contribution is 2.16. The van der Waals surface area contributed by atoms with Crippen molar-refractivity contribution < 1.29 is 53.4 Å². The number of carbonyl (C=O) groups excluding carboxylic acids is 3. The predicted molar refractivity (Wildman–Crippen MR) is 104 cm³/mol. The molecule has 4 unspecified atom stereocenters. The van der Waals surface area contributed by atoms with E-state index in [9.17, 15) is 44.4 Å². The molecule has 0 aromatic heterocycles. The quantitative estimate of drug-likeness (QED) is 0.179. The lowest BCUT2D eigenvalue weighted by molar-refractivity contribution is -0.873. The van der Waals surface area contributed by atoms with Crippen LogP contribution in [0.2, 0.25) is 0 Å². The minimum Gasteiger partial charge on any atom is -0.481 e. The second-order valence-corrected chi connectivity index (χ2v) is 9.54. The van der Waals surface area contributed by atoms with E-state index >= 15 is 0 Å². The van der Waals surface area contributed by atoms with Gasteiger partial charge in [0.25, 0.3) is 0 Å². The number of likely N-dealkylation sites (N-methyl/N-ethyl adjacent to an activating group) is 2. The average molecular weight is 434 g/mol. The largest absolute Gasteiger partial charge is 0.481 e. The lowest BCUT2D eigenvalue weighted by Gasteiger charge is -2.29. The molecule has 0 aromatic carbocycles. The molecule has 0 aromatic rings. The van der Waals surface area contributed by atoms with Gasteiger partial charge >= 0.3 is 11.9 Å². The number of rotatable bonds is 14. The summed E-state index contributed by atoms with van der Waals surface area (Å²) in [4.78, 5) is 59.5. The fourth-order valence-corrected chi connectivity index (χ4v) is 3.04. The van der Waals surface area contributed by atoms with E-state index in [1.807, 2.05) is 0 Å². The van der Waals surface area contributed by atoms with Crippen LogP contribution in [-0.2, 0) is 24.0 Å².